The summed E-state index contributed by atoms with van der Waals surface area (Å²) in [4.78, 5) is 30.9. The van der Waals surface area contributed by atoms with Gasteiger partial charge in [0.1, 0.15) is 5.69 Å². The Kier molecular flexibility index (Phi) is 6.13. The van der Waals surface area contributed by atoms with E-state index in [-0.39, 0.29) is 11.3 Å². The average molecular weight is 457 g/mol. The number of anilines is 1. The van der Waals surface area contributed by atoms with Gasteiger partial charge < -0.3 is 18.9 Å². The van der Waals surface area contributed by atoms with Crippen molar-refractivity contribution in [3.8, 4) is 11.5 Å². The molecule has 32 heavy (non-hydrogen) atoms. The molecule has 0 unspecified atom stereocenters. The Labute approximate surface area is 188 Å². The maximum absolute atomic E-state index is 12.9. The van der Waals surface area contributed by atoms with E-state index >= 15 is 0 Å². The smallest absolute Gasteiger partial charge is 0.293 e. The molecule has 0 spiro atoms. The molecule has 0 atom stereocenters. The predicted octanol–water partition coefficient (Wildman–Crippen LogP) is 3.90. The minimum Gasteiger partial charge on any atom is -0.493 e. The second-order valence-corrected chi connectivity index (χ2v) is 8.55. The van der Waals surface area contributed by atoms with Crippen LogP contribution in [-0.4, -0.2) is 42.7 Å². The zero-order chi connectivity index (χ0) is 22.8. The molecule has 9 nitrogen and oxygen atoms in total. The lowest BCUT2D eigenvalue weighted by Gasteiger charge is -2.28. The number of carbonyl (C=O) groups is 1. The van der Waals surface area contributed by atoms with Crippen LogP contribution in [-0.2, 0) is 7.05 Å². The van der Waals surface area contributed by atoms with Crippen molar-refractivity contribution in [3.05, 3.63) is 50.8 Å². The van der Waals surface area contributed by atoms with E-state index in [0.717, 1.165) is 42.6 Å². The van der Waals surface area contributed by atoms with Crippen LogP contribution in [0.5, 0.6) is 11.5 Å². The molecule has 3 aromatic rings. The fraction of sp³-hybridized carbons (Fsp3) is 0.364. The summed E-state index contributed by atoms with van der Waals surface area (Å²) in [5.41, 5.74) is 1.51. The maximum Gasteiger partial charge on any atom is 0.293 e. The first-order valence-corrected chi connectivity index (χ1v) is 11.1. The Morgan fingerprint density at radius 2 is 1.78 bits per heavy atom. The number of hydrogen-bond acceptors (Lipinski definition) is 7. The first-order valence-electron chi connectivity index (χ1n) is 10.3. The Balaban J connectivity index is 1.73. The molecular formula is C22H24N4O5S. The van der Waals surface area contributed by atoms with Gasteiger partial charge in [-0.25, -0.2) is 0 Å². The molecule has 2 heterocycles. The Morgan fingerprint density at radius 3 is 2.44 bits per heavy atom. The standard InChI is InChI=1S/C22H24N4O5S/c1-24-17-12-18(30-2)19(31-3)13-20(17)32-22(24)23-21(27)14-7-8-15(16(11-14)26(28)29)25-9-5-4-6-10-25/h7-8,11-13H,4-6,9-10H2,1-3H3. The molecule has 2 aromatic carbocycles. The van der Waals surface area contributed by atoms with Gasteiger partial charge in [-0.1, -0.05) is 11.3 Å². The molecule has 0 aliphatic carbocycles. The molecule has 0 N–H and O–H groups in total. The number of thiazole rings is 1. The Morgan fingerprint density at radius 1 is 1.09 bits per heavy atom. The van der Waals surface area contributed by atoms with Gasteiger partial charge in [-0.05, 0) is 31.4 Å². The SMILES string of the molecule is COc1cc2sc(=NC(=O)c3ccc(N4CCCCC4)c([N+](=O)[O-])c3)n(C)c2cc1OC. The minimum atomic E-state index is -0.528. The molecule has 168 valence electrons. The summed E-state index contributed by atoms with van der Waals surface area (Å²) in [5, 5.41) is 11.7. The average Bonchev–Trinajstić information content (AvgIpc) is 3.12. The summed E-state index contributed by atoms with van der Waals surface area (Å²) in [5.74, 6) is 0.637. The highest BCUT2D eigenvalue weighted by Gasteiger charge is 2.23. The van der Waals surface area contributed by atoms with Gasteiger partial charge in [0.15, 0.2) is 16.3 Å². The van der Waals surface area contributed by atoms with Gasteiger partial charge in [-0.15, -0.1) is 0 Å². The number of nitrogens with zero attached hydrogens (tertiary/aromatic N) is 4. The third-order valence-electron chi connectivity index (χ3n) is 5.63. The van der Waals surface area contributed by atoms with Crippen molar-refractivity contribution in [3.63, 3.8) is 0 Å². The van der Waals surface area contributed by atoms with Crippen LogP contribution >= 0.6 is 11.3 Å². The first-order chi connectivity index (χ1) is 15.4. The van der Waals surface area contributed by atoms with Crippen molar-refractivity contribution in [2.75, 3.05) is 32.2 Å². The zero-order valence-corrected chi connectivity index (χ0v) is 19.0. The van der Waals surface area contributed by atoms with Gasteiger partial charge in [-0.3, -0.25) is 14.9 Å². The molecule has 4 rings (SSSR count). The van der Waals surface area contributed by atoms with E-state index in [1.54, 1.807) is 38.0 Å². The maximum atomic E-state index is 12.9. The molecule has 1 aliphatic rings. The number of aryl methyl sites for hydroxylation is 1. The quantitative estimate of drug-likeness (QED) is 0.427. The predicted molar refractivity (Wildman–Crippen MR) is 123 cm³/mol. The van der Waals surface area contributed by atoms with Crippen LogP contribution in [0, 0.1) is 10.1 Å². The fourth-order valence-electron chi connectivity index (χ4n) is 3.92. The Bertz CT molecular complexity index is 1260. The number of hydrogen-bond donors (Lipinski definition) is 0. The molecular weight excluding hydrogens is 432 g/mol. The number of nitro benzene ring substituents is 1. The number of rotatable bonds is 5. The van der Waals surface area contributed by atoms with Crippen molar-refractivity contribution >= 4 is 38.8 Å². The third-order valence-corrected chi connectivity index (χ3v) is 6.72. The molecule has 1 aromatic heterocycles. The number of carbonyl (C=O) groups excluding carboxylic acids is 1. The van der Waals surface area contributed by atoms with Crippen molar-refractivity contribution in [2.24, 2.45) is 12.0 Å². The van der Waals surface area contributed by atoms with Crippen molar-refractivity contribution in [1.82, 2.24) is 4.57 Å². The van der Waals surface area contributed by atoms with Crippen LogP contribution in [0.15, 0.2) is 35.3 Å². The van der Waals surface area contributed by atoms with E-state index in [1.807, 2.05) is 17.0 Å². The second kappa shape index (κ2) is 8.99. The van der Waals surface area contributed by atoms with E-state index in [4.69, 9.17) is 9.47 Å². The number of fused-ring (bicyclic) bond motifs is 1. The summed E-state index contributed by atoms with van der Waals surface area (Å²) in [7, 11) is 4.93. The highest BCUT2D eigenvalue weighted by molar-refractivity contribution is 7.16. The van der Waals surface area contributed by atoms with Gasteiger partial charge >= 0.3 is 0 Å². The van der Waals surface area contributed by atoms with Gasteiger partial charge in [0, 0.05) is 43.9 Å². The number of ether oxygens (including phenoxy) is 2. The monoisotopic (exact) mass is 456 g/mol. The fourth-order valence-corrected chi connectivity index (χ4v) is 4.94. The van der Waals surface area contributed by atoms with E-state index in [2.05, 4.69) is 4.99 Å². The summed E-state index contributed by atoms with van der Waals surface area (Å²) in [6, 6.07) is 8.26. The van der Waals surface area contributed by atoms with E-state index < -0.39 is 10.8 Å². The van der Waals surface area contributed by atoms with Gasteiger partial charge in [0.25, 0.3) is 11.6 Å². The first kappa shape index (κ1) is 21.8. The highest BCUT2D eigenvalue weighted by atomic mass is 32.1. The minimum absolute atomic E-state index is 0.0665. The molecule has 0 radical (unpaired) electrons. The lowest BCUT2D eigenvalue weighted by Crippen LogP contribution is -2.30. The van der Waals surface area contributed by atoms with Crippen molar-refractivity contribution < 1.29 is 19.2 Å². The van der Waals surface area contributed by atoms with E-state index in [1.165, 1.54) is 17.4 Å². The zero-order valence-electron chi connectivity index (χ0n) is 18.2. The van der Waals surface area contributed by atoms with E-state index in [0.29, 0.717) is 22.0 Å². The number of methoxy groups -OCH3 is 2. The lowest BCUT2D eigenvalue weighted by molar-refractivity contribution is -0.384. The van der Waals surface area contributed by atoms with E-state index in [9.17, 15) is 14.9 Å². The van der Waals surface area contributed by atoms with Gasteiger partial charge in [0.2, 0.25) is 0 Å². The van der Waals surface area contributed by atoms with Gasteiger partial charge in [0.05, 0.1) is 29.4 Å². The highest BCUT2D eigenvalue weighted by Crippen LogP contribution is 2.33. The number of piperidine rings is 1. The Hall–Kier alpha value is -3.40. The normalized spacial score (nSPS) is 14.6. The summed E-state index contributed by atoms with van der Waals surface area (Å²) < 4.78 is 13.4. The number of amides is 1. The van der Waals surface area contributed by atoms with Crippen LogP contribution in [0.25, 0.3) is 10.2 Å². The topological polar surface area (TPSA) is 99.2 Å². The summed E-state index contributed by atoms with van der Waals surface area (Å²) in [6.45, 7) is 1.56. The van der Waals surface area contributed by atoms with Crippen LogP contribution in [0.2, 0.25) is 0 Å². The molecule has 1 saturated heterocycles. The molecule has 0 bridgehead atoms. The number of aromatic nitrogens is 1. The van der Waals surface area contributed by atoms with Crippen LogP contribution in [0.4, 0.5) is 11.4 Å². The van der Waals surface area contributed by atoms with Crippen LogP contribution in [0.3, 0.4) is 0 Å². The van der Waals surface area contributed by atoms with Crippen LogP contribution in [0.1, 0.15) is 29.6 Å². The van der Waals surface area contributed by atoms with Crippen molar-refractivity contribution in [1.29, 1.82) is 0 Å². The molecule has 1 fully saturated rings. The third kappa shape index (κ3) is 4.05. The number of nitro groups is 1. The largest absolute Gasteiger partial charge is 0.493 e. The van der Waals surface area contributed by atoms with Crippen LogP contribution < -0.4 is 19.2 Å². The second-order valence-electron chi connectivity index (χ2n) is 7.54. The lowest BCUT2D eigenvalue weighted by atomic mass is 10.1. The van der Waals surface area contributed by atoms with Gasteiger partial charge in [-0.2, -0.15) is 4.99 Å². The summed E-state index contributed by atoms with van der Waals surface area (Å²) >= 11 is 1.33. The summed E-state index contributed by atoms with van der Waals surface area (Å²) in [6.07, 6.45) is 3.14. The number of benzene rings is 2. The van der Waals surface area contributed by atoms with Crippen molar-refractivity contribution in [2.45, 2.75) is 19.3 Å². The molecule has 10 heteroatoms. The molecule has 1 aliphatic heterocycles. The molecule has 1 amide bonds. The molecule has 0 saturated carbocycles.